The number of benzene rings is 2. The molecule has 0 radical (unpaired) electrons. The Morgan fingerprint density at radius 3 is 2.37 bits per heavy atom. The Hall–Kier alpha value is -1.87. The second kappa shape index (κ2) is 5.85. The predicted molar refractivity (Wildman–Crippen MR) is 75.1 cm³/mol. The van der Waals surface area contributed by atoms with Crippen LogP contribution in [0.4, 0.5) is 10.1 Å². The van der Waals surface area contributed by atoms with Gasteiger partial charge in [0.15, 0.2) is 0 Å². The third kappa shape index (κ3) is 2.93. The van der Waals surface area contributed by atoms with Crippen molar-refractivity contribution in [3.63, 3.8) is 0 Å². The average Bonchev–Trinajstić information content (AvgIpc) is 2.46. The maximum atomic E-state index is 13.6. The van der Waals surface area contributed by atoms with Gasteiger partial charge in [0.1, 0.15) is 5.82 Å². The first-order chi connectivity index (χ1) is 9.13. The fourth-order valence-electron chi connectivity index (χ4n) is 1.76. The highest BCUT2D eigenvalue weighted by molar-refractivity contribution is 6.17. The zero-order valence-corrected chi connectivity index (χ0v) is 11.2. The van der Waals surface area contributed by atoms with Gasteiger partial charge in [-0.15, -0.1) is 11.6 Å². The van der Waals surface area contributed by atoms with Gasteiger partial charge >= 0.3 is 0 Å². The molecular weight excluding hydrogens is 265 g/mol. The van der Waals surface area contributed by atoms with Crippen molar-refractivity contribution >= 4 is 23.2 Å². The van der Waals surface area contributed by atoms with Gasteiger partial charge in [0.05, 0.1) is 5.69 Å². The van der Waals surface area contributed by atoms with E-state index >= 15 is 0 Å². The molecule has 0 aliphatic carbocycles. The summed E-state index contributed by atoms with van der Waals surface area (Å²) < 4.78 is 13.6. The van der Waals surface area contributed by atoms with Crippen molar-refractivity contribution < 1.29 is 9.18 Å². The average molecular weight is 278 g/mol. The number of anilines is 1. The molecule has 0 heterocycles. The van der Waals surface area contributed by atoms with Gasteiger partial charge in [0, 0.05) is 18.5 Å². The van der Waals surface area contributed by atoms with Gasteiger partial charge in [-0.25, -0.2) is 4.39 Å². The highest BCUT2D eigenvalue weighted by Gasteiger charge is 2.15. The van der Waals surface area contributed by atoms with Gasteiger partial charge in [0.25, 0.3) is 5.91 Å². The SMILES string of the molecule is CN(C(=O)c1ccc(CCl)cc1)c1ccccc1F. The fraction of sp³-hybridized carbons (Fsp3) is 0.133. The van der Waals surface area contributed by atoms with E-state index in [0.717, 1.165) is 5.56 Å². The van der Waals surface area contributed by atoms with E-state index in [-0.39, 0.29) is 11.6 Å². The molecule has 1 amide bonds. The van der Waals surface area contributed by atoms with E-state index in [0.29, 0.717) is 11.4 Å². The number of hydrogen-bond acceptors (Lipinski definition) is 1. The number of nitrogens with zero attached hydrogens (tertiary/aromatic N) is 1. The molecule has 0 saturated heterocycles. The Balaban J connectivity index is 2.26. The molecule has 0 aliphatic rings. The van der Waals surface area contributed by atoms with Gasteiger partial charge in [-0.3, -0.25) is 4.79 Å². The fourth-order valence-corrected chi connectivity index (χ4v) is 1.94. The third-order valence-corrected chi connectivity index (χ3v) is 3.18. The number of hydrogen-bond donors (Lipinski definition) is 0. The van der Waals surface area contributed by atoms with E-state index < -0.39 is 5.82 Å². The lowest BCUT2D eigenvalue weighted by Crippen LogP contribution is -2.27. The summed E-state index contributed by atoms with van der Waals surface area (Å²) in [6.07, 6.45) is 0. The quantitative estimate of drug-likeness (QED) is 0.781. The Labute approximate surface area is 116 Å². The lowest BCUT2D eigenvalue weighted by atomic mass is 10.1. The summed E-state index contributed by atoms with van der Waals surface area (Å²) >= 11 is 5.69. The molecule has 0 N–H and O–H groups in total. The van der Waals surface area contributed by atoms with Crippen molar-refractivity contribution in [2.75, 3.05) is 11.9 Å². The summed E-state index contributed by atoms with van der Waals surface area (Å²) in [5.41, 5.74) is 1.69. The van der Waals surface area contributed by atoms with E-state index in [2.05, 4.69) is 0 Å². The molecule has 19 heavy (non-hydrogen) atoms. The Bertz CT molecular complexity index is 583. The lowest BCUT2D eigenvalue weighted by molar-refractivity contribution is 0.0992. The Morgan fingerprint density at radius 2 is 1.79 bits per heavy atom. The molecule has 2 rings (SSSR count). The van der Waals surface area contributed by atoms with Crippen LogP contribution in [-0.4, -0.2) is 13.0 Å². The highest BCUT2D eigenvalue weighted by Crippen LogP contribution is 2.19. The van der Waals surface area contributed by atoms with Crippen LogP contribution in [0.25, 0.3) is 0 Å². The van der Waals surface area contributed by atoms with Gasteiger partial charge in [-0.1, -0.05) is 24.3 Å². The summed E-state index contributed by atoms with van der Waals surface area (Å²) in [4.78, 5) is 13.5. The number of amides is 1. The zero-order chi connectivity index (χ0) is 13.8. The monoisotopic (exact) mass is 277 g/mol. The molecule has 0 unspecified atom stereocenters. The minimum Gasteiger partial charge on any atom is -0.309 e. The molecule has 2 aromatic carbocycles. The number of para-hydroxylation sites is 1. The molecule has 2 aromatic rings. The minimum atomic E-state index is -0.421. The van der Waals surface area contributed by atoms with E-state index in [1.54, 1.807) is 49.5 Å². The van der Waals surface area contributed by atoms with Crippen LogP contribution in [0.2, 0.25) is 0 Å². The molecule has 98 valence electrons. The van der Waals surface area contributed by atoms with Gasteiger partial charge in [-0.05, 0) is 29.8 Å². The Kier molecular flexibility index (Phi) is 4.17. The molecule has 0 saturated carbocycles. The smallest absolute Gasteiger partial charge is 0.258 e. The molecule has 2 nitrogen and oxygen atoms in total. The predicted octanol–water partition coefficient (Wildman–Crippen LogP) is 3.84. The minimum absolute atomic E-state index is 0.258. The van der Waals surface area contributed by atoms with Crippen LogP contribution in [0.3, 0.4) is 0 Å². The highest BCUT2D eigenvalue weighted by atomic mass is 35.5. The standard InChI is InChI=1S/C15H13ClFNO/c1-18(14-5-3-2-4-13(14)17)15(19)12-8-6-11(10-16)7-9-12/h2-9H,10H2,1H3. The topological polar surface area (TPSA) is 20.3 Å². The van der Waals surface area contributed by atoms with Crippen LogP contribution in [0, 0.1) is 5.82 Å². The van der Waals surface area contributed by atoms with Crippen LogP contribution >= 0.6 is 11.6 Å². The molecular formula is C15H13ClFNO. The molecule has 0 bridgehead atoms. The Morgan fingerprint density at radius 1 is 1.16 bits per heavy atom. The van der Waals surface area contributed by atoms with E-state index in [4.69, 9.17) is 11.6 Å². The number of carbonyl (C=O) groups excluding carboxylic acids is 1. The zero-order valence-electron chi connectivity index (χ0n) is 10.4. The van der Waals surface area contributed by atoms with Crippen LogP contribution in [-0.2, 0) is 5.88 Å². The summed E-state index contributed by atoms with van der Waals surface area (Å²) in [5, 5.41) is 0. The normalized spacial score (nSPS) is 10.3. The van der Waals surface area contributed by atoms with Gasteiger partial charge in [0.2, 0.25) is 0 Å². The summed E-state index contributed by atoms with van der Waals surface area (Å²) in [6.45, 7) is 0. The summed E-state index contributed by atoms with van der Waals surface area (Å²) in [6, 6.07) is 13.1. The maximum absolute atomic E-state index is 13.6. The van der Waals surface area contributed by atoms with Crippen LogP contribution in [0.1, 0.15) is 15.9 Å². The van der Waals surface area contributed by atoms with Crippen molar-refractivity contribution in [1.82, 2.24) is 0 Å². The maximum Gasteiger partial charge on any atom is 0.258 e. The first-order valence-electron chi connectivity index (χ1n) is 5.81. The lowest BCUT2D eigenvalue weighted by Gasteiger charge is -2.18. The molecule has 0 atom stereocenters. The number of carbonyl (C=O) groups is 1. The number of alkyl halides is 1. The molecule has 0 fully saturated rings. The third-order valence-electron chi connectivity index (χ3n) is 2.87. The van der Waals surface area contributed by atoms with Crippen molar-refractivity contribution in [2.45, 2.75) is 5.88 Å². The molecule has 4 heteroatoms. The molecule has 0 aromatic heterocycles. The first kappa shape index (κ1) is 13.6. The van der Waals surface area contributed by atoms with Crippen LogP contribution in [0.5, 0.6) is 0 Å². The number of rotatable bonds is 3. The van der Waals surface area contributed by atoms with Gasteiger partial charge < -0.3 is 4.90 Å². The van der Waals surface area contributed by atoms with Crippen molar-refractivity contribution in [2.24, 2.45) is 0 Å². The largest absolute Gasteiger partial charge is 0.309 e. The summed E-state index contributed by atoms with van der Waals surface area (Å²) in [7, 11) is 1.55. The van der Waals surface area contributed by atoms with Crippen LogP contribution in [0.15, 0.2) is 48.5 Å². The van der Waals surface area contributed by atoms with E-state index in [1.165, 1.54) is 11.0 Å². The van der Waals surface area contributed by atoms with Crippen molar-refractivity contribution in [3.8, 4) is 0 Å². The number of halogens is 2. The van der Waals surface area contributed by atoms with Gasteiger partial charge in [-0.2, -0.15) is 0 Å². The second-order valence-electron chi connectivity index (χ2n) is 4.15. The molecule has 0 spiro atoms. The van der Waals surface area contributed by atoms with Crippen LogP contribution < -0.4 is 4.90 Å². The van der Waals surface area contributed by atoms with E-state index in [9.17, 15) is 9.18 Å². The second-order valence-corrected chi connectivity index (χ2v) is 4.41. The molecule has 0 aliphatic heterocycles. The summed E-state index contributed by atoms with van der Waals surface area (Å²) in [5.74, 6) is -0.278. The van der Waals surface area contributed by atoms with E-state index in [1.807, 2.05) is 0 Å². The first-order valence-corrected chi connectivity index (χ1v) is 6.34. The van der Waals surface area contributed by atoms with Crippen molar-refractivity contribution in [3.05, 3.63) is 65.5 Å². The van der Waals surface area contributed by atoms with Crippen molar-refractivity contribution in [1.29, 1.82) is 0 Å².